The fourth-order valence-corrected chi connectivity index (χ4v) is 2.09. The summed E-state index contributed by atoms with van der Waals surface area (Å²) in [6.07, 6.45) is -4.44. The highest BCUT2D eigenvalue weighted by atomic mass is 32.1. The van der Waals surface area contributed by atoms with E-state index in [4.69, 9.17) is 5.84 Å². The van der Waals surface area contributed by atoms with Crippen LogP contribution in [-0.2, 0) is 12.7 Å². The molecule has 0 aliphatic carbocycles. The third-order valence-electron chi connectivity index (χ3n) is 2.32. The van der Waals surface area contributed by atoms with Gasteiger partial charge in [-0.05, 0) is 23.6 Å². The fourth-order valence-electron chi connectivity index (χ4n) is 1.45. The van der Waals surface area contributed by atoms with Gasteiger partial charge in [-0.15, -0.1) is 11.3 Å². The van der Waals surface area contributed by atoms with Gasteiger partial charge in [0.05, 0.1) is 12.1 Å². The van der Waals surface area contributed by atoms with Crippen molar-refractivity contribution in [1.29, 1.82) is 0 Å². The molecule has 4 N–H and O–H groups in total. The van der Waals surface area contributed by atoms with Crippen LogP contribution in [0.3, 0.4) is 0 Å². The van der Waals surface area contributed by atoms with Gasteiger partial charge in [0.25, 0.3) is 0 Å². The van der Waals surface area contributed by atoms with E-state index in [-0.39, 0.29) is 11.6 Å². The van der Waals surface area contributed by atoms with Gasteiger partial charge in [-0.1, -0.05) is 6.07 Å². The Hall–Kier alpha value is -1.80. The van der Waals surface area contributed by atoms with Gasteiger partial charge in [0, 0.05) is 4.88 Å². The minimum atomic E-state index is -4.44. The first-order valence-electron chi connectivity index (χ1n) is 5.31. The summed E-state index contributed by atoms with van der Waals surface area (Å²) in [5.74, 6) is 5.20. The van der Waals surface area contributed by atoms with Gasteiger partial charge in [0.1, 0.15) is 11.6 Å². The van der Waals surface area contributed by atoms with Crippen LogP contribution in [0, 0.1) is 0 Å². The molecule has 0 bridgehead atoms. The maximum absolute atomic E-state index is 12.7. The molecule has 0 saturated heterocycles. The summed E-state index contributed by atoms with van der Waals surface area (Å²) in [7, 11) is 0. The van der Waals surface area contributed by atoms with Crippen molar-refractivity contribution >= 4 is 23.0 Å². The Bertz CT molecular complexity index is 539. The van der Waals surface area contributed by atoms with Crippen molar-refractivity contribution in [2.24, 2.45) is 5.84 Å². The van der Waals surface area contributed by atoms with Gasteiger partial charge in [-0.3, -0.25) is 0 Å². The zero-order valence-electron chi connectivity index (χ0n) is 9.66. The lowest BCUT2D eigenvalue weighted by Gasteiger charge is -2.12. The molecule has 102 valence electrons. The van der Waals surface area contributed by atoms with Crippen LogP contribution in [0.1, 0.15) is 10.4 Å². The Morgan fingerprint density at radius 2 is 2.00 bits per heavy atom. The number of alkyl halides is 3. The highest BCUT2D eigenvalue weighted by molar-refractivity contribution is 7.09. The molecule has 0 unspecified atom stereocenters. The number of aromatic nitrogens is 1. The number of rotatable bonds is 4. The van der Waals surface area contributed by atoms with E-state index in [2.05, 4.69) is 15.7 Å². The zero-order chi connectivity index (χ0) is 13.9. The second kappa shape index (κ2) is 5.45. The Morgan fingerprint density at radius 3 is 2.58 bits per heavy atom. The highest BCUT2D eigenvalue weighted by Crippen LogP contribution is 2.32. The van der Waals surface area contributed by atoms with Gasteiger partial charge < -0.3 is 10.7 Å². The van der Waals surface area contributed by atoms with Crippen molar-refractivity contribution < 1.29 is 13.2 Å². The van der Waals surface area contributed by atoms with Crippen LogP contribution in [0.25, 0.3) is 0 Å². The molecule has 0 fully saturated rings. The largest absolute Gasteiger partial charge is 0.416 e. The standard InChI is InChI=1S/C11H11F3N4S/c12-11(13,14)7-4-9(17-10(5-7)18-15)16-6-8-2-1-3-19-8/h1-5H,6,15H2,(H2,16,17,18). The SMILES string of the molecule is NNc1cc(C(F)(F)F)cc(NCc2cccs2)n1. The molecule has 0 aliphatic heterocycles. The summed E-state index contributed by atoms with van der Waals surface area (Å²) in [6.45, 7) is 0.413. The Balaban J connectivity index is 2.19. The van der Waals surface area contributed by atoms with Crippen LogP contribution in [0.2, 0.25) is 0 Å². The zero-order valence-corrected chi connectivity index (χ0v) is 10.5. The van der Waals surface area contributed by atoms with E-state index in [0.29, 0.717) is 6.54 Å². The summed E-state index contributed by atoms with van der Waals surface area (Å²) in [5.41, 5.74) is 1.32. The van der Waals surface area contributed by atoms with Crippen molar-refractivity contribution in [3.05, 3.63) is 40.1 Å². The molecule has 0 aromatic carbocycles. The van der Waals surface area contributed by atoms with Gasteiger partial charge in [-0.25, -0.2) is 10.8 Å². The molecule has 19 heavy (non-hydrogen) atoms. The summed E-state index contributed by atoms with van der Waals surface area (Å²) in [4.78, 5) is 4.92. The van der Waals surface area contributed by atoms with Gasteiger partial charge in [0.15, 0.2) is 0 Å². The van der Waals surface area contributed by atoms with Crippen LogP contribution in [0.5, 0.6) is 0 Å². The van der Waals surface area contributed by atoms with E-state index in [9.17, 15) is 13.2 Å². The second-order valence-corrected chi connectivity index (χ2v) is 4.73. The molecule has 0 amide bonds. The molecule has 2 aromatic rings. The number of halogens is 3. The average molecular weight is 288 g/mol. The highest BCUT2D eigenvalue weighted by Gasteiger charge is 2.31. The predicted molar refractivity (Wildman–Crippen MR) is 68.7 cm³/mol. The van der Waals surface area contributed by atoms with Gasteiger partial charge in [-0.2, -0.15) is 13.2 Å². The molecule has 0 atom stereocenters. The summed E-state index contributed by atoms with van der Waals surface area (Å²) in [6, 6.07) is 5.56. The number of hydrogen-bond donors (Lipinski definition) is 3. The fraction of sp³-hybridized carbons (Fsp3) is 0.182. The first-order chi connectivity index (χ1) is 8.99. The number of hydrogen-bond acceptors (Lipinski definition) is 5. The Kier molecular flexibility index (Phi) is 3.91. The van der Waals surface area contributed by atoms with E-state index in [1.165, 1.54) is 11.3 Å². The van der Waals surface area contributed by atoms with Crippen molar-refractivity contribution in [1.82, 2.24) is 4.98 Å². The van der Waals surface area contributed by atoms with E-state index in [1.54, 1.807) is 0 Å². The van der Waals surface area contributed by atoms with Crippen molar-refractivity contribution in [3.63, 3.8) is 0 Å². The minimum Gasteiger partial charge on any atom is -0.365 e. The number of thiophene rings is 1. The van der Waals surface area contributed by atoms with Crippen molar-refractivity contribution in [3.8, 4) is 0 Å². The van der Waals surface area contributed by atoms with Crippen LogP contribution < -0.4 is 16.6 Å². The molecular weight excluding hydrogens is 277 g/mol. The summed E-state index contributed by atoms with van der Waals surface area (Å²) in [5, 5.41) is 4.73. The molecule has 4 nitrogen and oxygen atoms in total. The number of hydrazine groups is 1. The second-order valence-electron chi connectivity index (χ2n) is 3.70. The molecule has 2 heterocycles. The van der Waals surface area contributed by atoms with E-state index in [1.807, 2.05) is 17.5 Å². The lowest BCUT2D eigenvalue weighted by Crippen LogP contribution is -2.13. The molecule has 2 rings (SSSR count). The van der Waals surface area contributed by atoms with E-state index < -0.39 is 11.7 Å². The quantitative estimate of drug-likeness (QED) is 0.597. The summed E-state index contributed by atoms with van der Waals surface area (Å²) < 4.78 is 38.0. The Morgan fingerprint density at radius 1 is 1.26 bits per heavy atom. The maximum Gasteiger partial charge on any atom is 0.416 e. The molecule has 0 aliphatic rings. The third-order valence-corrected chi connectivity index (χ3v) is 3.20. The first kappa shape index (κ1) is 13.6. The molecule has 0 radical (unpaired) electrons. The molecular formula is C11H11F3N4S. The number of nitrogens with one attached hydrogen (secondary N) is 2. The molecule has 8 heteroatoms. The average Bonchev–Trinajstić information content (AvgIpc) is 2.88. The van der Waals surface area contributed by atoms with E-state index >= 15 is 0 Å². The van der Waals surface area contributed by atoms with Crippen molar-refractivity contribution in [2.75, 3.05) is 10.7 Å². The topological polar surface area (TPSA) is 63.0 Å². The number of pyridine rings is 1. The van der Waals surface area contributed by atoms with E-state index in [0.717, 1.165) is 17.0 Å². The van der Waals surface area contributed by atoms with Gasteiger partial charge >= 0.3 is 6.18 Å². The number of nitrogens with zero attached hydrogens (tertiary/aromatic N) is 1. The Labute approximate surface area is 111 Å². The van der Waals surface area contributed by atoms with Crippen molar-refractivity contribution in [2.45, 2.75) is 12.7 Å². The van der Waals surface area contributed by atoms with Crippen LogP contribution in [0.15, 0.2) is 29.6 Å². The van der Waals surface area contributed by atoms with Crippen LogP contribution >= 0.6 is 11.3 Å². The smallest absolute Gasteiger partial charge is 0.365 e. The van der Waals surface area contributed by atoms with Gasteiger partial charge in [0.2, 0.25) is 0 Å². The number of nitrogens with two attached hydrogens (primary N) is 1. The normalized spacial score (nSPS) is 11.4. The minimum absolute atomic E-state index is 0.0384. The monoisotopic (exact) mass is 288 g/mol. The van der Waals surface area contributed by atoms with Crippen LogP contribution in [-0.4, -0.2) is 4.98 Å². The first-order valence-corrected chi connectivity index (χ1v) is 6.19. The third kappa shape index (κ3) is 3.58. The summed E-state index contributed by atoms with van der Waals surface area (Å²) >= 11 is 1.51. The molecule has 2 aromatic heterocycles. The molecule has 0 saturated carbocycles. The number of nitrogen functional groups attached to an aromatic ring is 1. The molecule has 0 spiro atoms. The van der Waals surface area contributed by atoms with Crippen LogP contribution in [0.4, 0.5) is 24.8 Å². The lowest BCUT2D eigenvalue weighted by molar-refractivity contribution is -0.137. The lowest BCUT2D eigenvalue weighted by atomic mass is 10.2. The maximum atomic E-state index is 12.7. The number of anilines is 2. The predicted octanol–water partition coefficient (Wildman–Crippen LogP) is 3.06.